The lowest BCUT2D eigenvalue weighted by atomic mass is 9.71. The van der Waals surface area contributed by atoms with Crippen LogP contribution in [0.15, 0.2) is 42.6 Å². The van der Waals surface area contributed by atoms with Gasteiger partial charge in [0.25, 0.3) is 0 Å². The van der Waals surface area contributed by atoms with E-state index in [4.69, 9.17) is 9.47 Å². The van der Waals surface area contributed by atoms with Crippen molar-refractivity contribution in [1.82, 2.24) is 4.98 Å². The van der Waals surface area contributed by atoms with Crippen LogP contribution in [-0.4, -0.2) is 57.0 Å². The predicted octanol–water partition coefficient (Wildman–Crippen LogP) is 4.66. The quantitative estimate of drug-likeness (QED) is 0.342. The zero-order valence-electron chi connectivity index (χ0n) is 22.9. The highest BCUT2D eigenvalue weighted by atomic mass is 16.6. The SMILES string of the molecule is C=CCC1C(=O)C(C)(C)C(O)CC(=O)OC(C(C)=Cc2ccccn2)CC2OC2(C)CCCC(C)C1O. The minimum absolute atomic E-state index is 0.0676. The standard InChI is InChI=1S/C30H43NO6/c1-7-11-22-27(34)19(2)12-10-14-30(6)25(37-30)17-23(20(3)16-21-13-8-9-15-31-21)36-26(33)18-24(32)29(4,5)28(22)35/h7-9,13,15-16,19,22-25,27,32,34H,1,10-12,14,17-18H2,2-6H3. The summed E-state index contributed by atoms with van der Waals surface area (Å²) >= 11 is 0. The van der Waals surface area contributed by atoms with E-state index >= 15 is 0 Å². The maximum atomic E-state index is 13.6. The van der Waals surface area contributed by atoms with E-state index in [1.54, 1.807) is 26.1 Å². The second-order valence-corrected chi connectivity index (χ2v) is 11.6. The highest BCUT2D eigenvalue weighted by molar-refractivity contribution is 5.88. The van der Waals surface area contributed by atoms with E-state index in [2.05, 4.69) is 18.5 Å². The van der Waals surface area contributed by atoms with Crippen molar-refractivity contribution in [3.8, 4) is 0 Å². The van der Waals surface area contributed by atoms with Crippen LogP contribution < -0.4 is 0 Å². The van der Waals surface area contributed by atoms with Crippen molar-refractivity contribution in [1.29, 1.82) is 0 Å². The molecule has 2 N–H and O–H groups in total. The molecule has 0 saturated carbocycles. The number of Topliss-reactive ketones (excluding diaryl/α,β-unsaturated/α-hetero) is 1. The number of cyclic esters (lactones) is 1. The summed E-state index contributed by atoms with van der Waals surface area (Å²) < 4.78 is 12.0. The molecule has 0 bridgehead atoms. The molecule has 1 aromatic rings. The molecule has 37 heavy (non-hydrogen) atoms. The fourth-order valence-electron chi connectivity index (χ4n) is 5.30. The number of rotatable bonds is 4. The first-order chi connectivity index (χ1) is 17.4. The lowest BCUT2D eigenvalue weighted by molar-refractivity contribution is -0.154. The minimum atomic E-state index is -1.27. The van der Waals surface area contributed by atoms with Crippen molar-refractivity contribution in [3.05, 3.63) is 48.3 Å². The van der Waals surface area contributed by atoms with Crippen molar-refractivity contribution in [3.63, 3.8) is 0 Å². The largest absolute Gasteiger partial charge is 0.458 e. The Morgan fingerprint density at radius 3 is 2.62 bits per heavy atom. The van der Waals surface area contributed by atoms with E-state index in [1.807, 2.05) is 38.1 Å². The van der Waals surface area contributed by atoms with Crippen molar-refractivity contribution in [2.24, 2.45) is 17.3 Å². The molecule has 2 fully saturated rings. The van der Waals surface area contributed by atoms with Gasteiger partial charge in [0.05, 0.1) is 41.4 Å². The molecule has 0 aromatic carbocycles. The van der Waals surface area contributed by atoms with Gasteiger partial charge >= 0.3 is 5.97 Å². The third kappa shape index (κ3) is 7.15. The Balaban J connectivity index is 1.89. The maximum Gasteiger partial charge on any atom is 0.309 e. The van der Waals surface area contributed by atoms with Crippen LogP contribution in [0, 0.1) is 17.3 Å². The van der Waals surface area contributed by atoms with E-state index in [9.17, 15) is 19.8 Å². The van der Waals surface area contributed by atoms with Crippen molar-refractivity contribution >= 4 is 17.8 Å². The molecular weight excluding hydrogens is 470 g/mol. The molecule has 3 heterocycles. The molecule has 0 spiro atoms. The van der Waals surface area contributed by atoms with Crippen LogP contribution in [-0.2, 0) is 19.1 Å². The smallest absolute Gasteiger partial charge is 0.309 e. The van der Waals surface area contributed by atoms with Crippen molar-refractivity contribution < 1.29 is 29.3 Å². The summed E-state index contributed by atoms with van der Waals surface area (Å²) in [7, 11) is 0. The van der Waals surface area contributed by atoms with E-state index in [0.717, 1.165) is 30.5 Å². The van der Waals surface area contributed by atoms with Crippen LogP contribution in [0.25, 0.3) is 6.08 Å². The molecule has 1 aromatic heterocycles. The Morgan fingerprint density at radius 2 is 1.97 bits per heavy atom. The number of carbonyl (C=O) groups is 2. The van der Waals surface area contributed by atoms with Gasteiger partial charge in [-0.1, -0.05) is 39.3 Å². The maximum absolute atomic E-state index is 13.6. The van der Waals surface area contributed by atoms with E-state index in [1.165, 1.54) is 0 Å². The topological polar surface area (TPSA) is 109 Å². The predicted molar refractivity (Wildman–Crippen MR) is 142 cm³/mol. The van der Waals surface area contributed by atoms with Crippen LogP contribution in [0.3, 0.4) is 0 Å². The van der Waals surface area contributed by atoms with Crippen molar-refractivity contribution in [2.45, 2.75) is 103 Å². The average molecular weight is 514 g/mol. The van der Waals surface area contributed by atoms with Gasteiger partial charge in [-0.15, -0.1) is 6.58 Å². The number of aliphatic hydroxyl groups is 2. The molecular formula is C30H43NO6. The minimum Gasteiger partial charge on any atom is -0.458 e. The van der Waals surface area contributed by atoms with E-state index in [-0.39, 0.29) is 29.8 Å². The first-order valence-corrected chi connectivity index (χ1v) is 13.4. The molecule has 7 atom stereocenters. The van der Waals surface area contributed by atoms with Crippen LogP contribution in [0.4, 0.5) is 0 Å². The number of hydrogen-bond acceptors (Lipinski definition) is 7. The molecule has 0 aliphatic carbocycles. The number of carbonyl (C=O) groups excluding carboxylic acids is 2. The number of ether oxygens (including phenoxy) is 2. The summed E-state index contributed by atoms with van der Waals surface area (Å²) in [5, 5.41) is 22.1. The zero-order valence-corrected chi connectivity index (χ0v) is 22.9. The molecule has 204 valence electrons. The van der Waals surface area contributed by atoms with Crippen LogP contribution in [0.2, 0.25) is 0 Å². The Hall–Kier alpha value is -2.35. The summed E-state index contributed by atoms with van der Waals surface area (Å²) in [5.41, 5.74) is 0.0147. The summed E-state index contributed by atoms with van der Waals surface area (Å²) in [5.74, 6) is -1.69. The fourth-order valence-corrected chi connectivity index (χ4v) is 5.30. The summed E-state index contributed by atoms with van der Waals surface area (Å²) in [6, 6.07) is 5.61. The Morgan fingerprint density at radius 1 is 1.24 bits per heavy atom. The molecule has 0 radical (unpaired) electrons. The van der Waals surface area contributed by atoms with Crippen molar-refractivity contribution in [2.75, 3.05) is 0 Å². The molecule has 3 rings (SSSR count). The van der Waals surface area contributed by atoms with Gasteiger partial charge in [-0.05, 0) is 62.8 Å². The number of esters is 1. The summed E-state index contributed by atoms with van der Waals surface area (Å²) in [6.45, 7) is 12.9. The van der Waals surface area contributed by atoms with E-state index < -0.39 is 35.6 Å². The lowest BCUT2D eigenvalue weighted by Gasteiger charge is -2.35. The number of pyridine rings is 1. The molecule has 7 heteroatoms. The normalized spacial score (nSPS) is 35.8. The van der Waals surface area contributed by atoms with Crippen LogP contribution in [0.5, 0.6) is 0 Å². The van der Waals surface area contributed by atoms with Gasteiger partial charge in [-0.25, -0.2) is 0 Å². The van der Waals surface area contributed by atoms with Gasteiger partial charge in [0.15, 0.2) is 0 Å². The Labute approximate surface area is 221 Å². The molecule has 2 aliphatic rings. The van der Waals surface area contributed by atoms with Gasteiger partial charge < -0.3 is 19.7 Å². The Bertz CT molecular complexity index is 989. The molecule has 7 nitrogen and oxygen atoms in total. The molecule has 2 aliphatic heterocycles. The summed E-state index contributed by atoms with van der Waals surface area (Å²) in [4.78, 5) is 30.9. The number of allylic oxidation sites excluding steroid dienone is 1. The average Bonchev–Trinajstić information content (AvgIpc) is 3.49. The monoisotopic (exact) mass is 513 g/mol. The van der Waals surface area contributed by atoms with Gasteiger partial charge in [0, 0.05) is 18.5 Å². The Kier molecular flexibility index (Phi) is 9.48. The second-order valence-electron chi connectivity index (χ2n) is 11.6. The number of epoxide rings is 1. The summed E-state index contributed by atoms with van der Waals surface area (Å²) in [6.07, 6.45) is 5.32. The highest BCUT2D eigenvalue weighted by Gasteiger charge is 2.53. The first kappa shape index (κ1) is 29.2. The number of ketones is 1. The van der Waals surface area contributed by atoms with Gasteiger partial charge in [0.2, 0.25) is 0 Å². The third-order valence-corrected chi connectivity index (χ3v) is 8.22. The molecule has 0 amide bonds. The zero-order chi connectivity index (χ0) is 27.4. The van der Waals surface area contributed by atoms with Crippen LogP contribution >= 0.6 is 0 Å². The van der Waals surface area contributed by atoms with E-state index in [0.29, 0.717) is 12.8 Å². The van der Waals surface area contributed by atoms with Gasteiger partial charge in [-0.2, -0.15) is 0 Å². The number of hydrogen-bond donors (Lipinski definition) is 2. The highest BCUT2D eigenvalue weighted by Crippen LogP contribution is 2.45. The molecule has 7 unspecified atom stereocenters. The number of nitrogens with zero attached hydrogens (tertiary/aromatic N) is 1. The fraction of sp³-hybridized carbons (Fsp3) is 0.633. The number of aliphatic hydroxyl groups excluding tert-OH is 2. The number of fused-ring (bicyclic) bond motifs is 1. The van der Waals surface area contributed by atoms with Gasteiger partial charge in [0.1, 0.15) is 11.9 Å². The van der Waals surface area contributed by atoms with Gasteiger partial charge in [-0.3, -0.25) is 14.6 Å². The second kappa shape index (κ2) is 12.0. The lowest BCUT2D eigenvalue weighted by Crippen LogP contribution is -2.46. The number of aromatic nitrogens is 1. The first-order valence-electron chi connectivity index (χ1n) is 13.4. The van der Waals surface area contributed by atoms with Crippen LogP contribution in [0.1, 0.15) is 78.8 Å². The molecule has 2 saturated heterocycles. The third-order valence-electron chi connectivity index (χ3n) is 8.22.